The second-order valence-electron chi connectivity index (χ2n) is 7.82. The molecule has 31 heavy (non-hydrogen) atoms. The number of non-ortho nitro benzene ring substituents is 1. The topological polar surface area (TPSA) is 89.7 Å². The highest BCUT2D eigenvalue weighted by Gasteiger charge is 2.42. The van der Waals surface area contributed by atoms with E-state index in [0.717, 1.165) is 18.4 Å². The molecule has 6 nitrogen and oxygen atoms in total. The van der Waals surface area contributed by atoms with E-state index in [1.54, 1.807) is 25.1 Å². The quantitative estimate of drug-likeness (QED) is 0.324. The molecule has 6 heteroatoms. The van der Waals surface area contributed by atoms with E-state index in [2.05, 4.69) is 0 Å². The van der Waals surface area contributed by atoms with Gasteiger partial charge < -0.3 is 9.84 Å². The van der Waals surface area contributed by atoms with Gasteiger partial charge in [-0.1, -0.05) is 61.9 Å². The molecule has 0 saturated heterocycles. The van der Waals surface area contributed by atoms with Gasteiger partial charge in [0, 0.05) is 18.6 Å². The number of ether oxygens (including phenoxy) is 1. The fourth-order valence-corrected chi connectivity index (χ4v) is 4.18. The summed E-state index contributed by atoms with van der Waals surface area (Å²) < 4.78 is 5.97. The number of benzene rings is 2. The number of cyclic esters (lactones) is 1. The molecule has 1 atom stereocenters. The number of rotatable bonds is 8. The Morgan fingerprint density at radius 3 is 2.55 bits per heavy atom. The maximum Gasteiger partial charge on any atom is 0.342 e. The van der Waals surface area contributed by atoms with Crippen molar-refractivity contribution in [3.8, 4) is 0 Å². The molecule has 1 unspecified atom stereocenters. The Kier molecular flexibility index (Phi) is 6.90. The van der Waals surface area contributed by atoms with Gasteiger partial charge in [-0.05, 0) is 42.9 Å². The number of esters is 1. The van der Waals surface area contributed by atoms with E-state index in [-0.39, 0.29) is 23.4 Å². The standard InChI is InChI=1S/C25H27NO5/c1-3-14-25(15-13-18-9-6-5-7-10-18)17-22(27)23(24(28)31-25)21(4-2)19-11-8-12-20(16-19)26(29)30/h4-12,16,27H,3,13-15,17H2,1-2H3/b21-4-. The van der Waals surface area contributed by atoms with Crippen molar-refractivity contribution in [1.82, 2.24) is 0 Å². The summed E-state index contributed by atoms with van der Waals surface area (Å²) in [7, 11) is 0. The molecule has 1 N–H and O–H groups in total. The van der Waals surface area contributed by atoms with Crippen LogP contribution in [0.2, 0.25) is 0 Å². The van der Waals surface area contributed by atoms with Gasteiger partial charge in [0.05, 0.1) is 4.92 Å². The van der Waals surface area contributed by atoms with Crippen molar-refractivity contribution < 1.29 is 19.6 Å². The summed E-state index contributed by atoms with van der Waals surface area (Å²) in [5.74, 6) is -0.623. The zero-order chi connectivity index (χ0) is 22.4. The van der Waals surface area contributed by atoms with E-state index in [1.807, 2.05) is 37.3 Å². The monoisotopic (exact) mass is 421 g/mol. The summed E-state index contributed by atoms with van der Waals surface area (Å²) in [6.07, 6.45) is 4.69. The van der Waals surface area contributed by atoms with E-state index in [9.17, 15) is 20.0 Å². The zero-order valence-corrected chi connectivity index (χ0v) is 17.8. The highest BCUT2D eigenvalue weighted by molar-refractivity contribution is 6.07. The van der Waals surface area contributed by atoms with Gasteiger partial charge in [-0.3, -0.25) is 10.1 Å². The van der Waals surface area contributed by atoms with Crippen molar-refractivity contribution in [2.24, 2.45) is 0 Å². The molecule has 1 aliphatic rings. The number of nitro groups is 1. The van der Waals surface area contributed by atoms with Gasteiger partial charge in [-0.25, -0.2) is 4.79 Å². The lowest BCUT2D eigenvalue weighted by Gasteiger charge is -2.37. The minimum Gasteiger partial charge on any atom is -0.511 e. The van der Waals surface area contributed by atoms with Crippen LogP contribution in [0.25, 0.3) is 5.57 Å². The molecule has 0 radical (unpaired) electrons. The maximum atomic E-state index is 13.1. The minimum atomic E-state index is -0.767. The van der Waals surface area contributed by atoms with Crippen LogP contribution in [0.15, 0.2) is 72.0 Å². The smallest absolute Gasteiger partial charge is 0.342 e. The molecule has 0 aliphatic carbocycles. The number of aryl methyl sites for hydroxylation is 1. The molecule has 2 aromatic carbocycles. The second kappa shape index (κ2) is 9.60. The zero-order valence-electron chi connectivity index (χ0n) is 17.8. The lowest BCUT2D eigenvalue weighted by atomic mass is 9.82. The summed E-state index contributed by atoms with van der Waals surface area (Å²) in [5, 5.41) is 22.1. The van der Waals surface area contributed by atoms with Crippen LogP contribution in [0.4, 0.5) is 5.69 Å². The number of aliphatic hydroxyl groups is 1. The van der Waals surface area contributed by atoms with Crippen molar-refractivity contribution >= 4 is 17.2 Å². The average Bonchev–Trinajstić information content (AvgIpc) is 2.76. The van der Waals surface area contributed by atoms with Gasteiger partial charge in [0.2, 0.25) is 0 Å². The van der Waals surface area contributed by atoms with Gasteiger partial charge in [-0.15, -0.1) is 0 Å². The summed E-state index contributed by atoms with van der Waals surface area (Å²) in [6, 6.07) is 16.0. The van der Waals surface area contributed by atoms with E-state index in [0.29, 0.717) is 24.0 Å². The highest BCUT2D eigenvalue weighted by atomic mass is 16.6. The molecule has 0 saturated carbocycles. The van der Waals surface area contributed by atoms with Crippen LogP contribution >= 0.6 is 0 Å². The molecule has 0 aromatic heterocycles. The van der Waals surface area contributed by atoms with Crippen LogP contribution in [-0.2, 0) is 16.0 Å². The molecule has 162 valence electrons. The third kappa shape index (κ3) is 5.02. The van der Waals surface area contributed by atoms with E-state index >= 15 is 0 Å². The van der Waals surface area contributed by atoms with Crippen LogP contribution in [-0.4, -0.2) is 21.6 Å². The molecule has 3 rings (SSSR count). The van der Waals surface area contributed by atoms with Gasteiger partial charge in [0.1, 0.15) is 16.9 Å². The third-order valence-corrected chi connectivity index (χ3v) is 5.64. The molecule has 0 bridgehead atoms. The lowest BCUT2D eigenvalue weighted by molar-refractivity contribution is -0.384. The van der Waals surface area contributed by atoms with Crippen LogP contribution in [0.3, 0.4) is 0 Å². The average molecular weight is 421 g/mol. The number of carbonyl (C=O) groups excluding carboxylic acids is 1. The molecule has 0 spiro atoms. The normalized spacial score (nSPS) is 19.3. The fourth-order valence-electron chi connectivity index (χ4n) is 4.18. The number of hydrogen-bond donors (Lipinski definition) is 1. The van der Waals surface area contributed by atoms with E-state index in [1.165, 1.54) is 12.1 Å². The summed E-state index contributed by atoms with van der Waals surface area (Å²) >= 11 is 0. The van der Waals surface area contributed by atoms with Gasteiger partial charge in [0.25, 0.3) is 5.69 Å². The predicted molar refractivity (Wildman–Crippen MR) is 120 cm³/mol. The van der Waals surface area contributed by atoms with Crippen molar-refractivity contribution in [3.63, 3.8) is 0 Å². The highest BCUT2D eigenvalue weighted by Crippen LogP contribution is 2.40. The fraction of sp³-hybridized carbons (Fsp3) is 0.320. The molecular weight excluding hydrogens is 394 g/mol. The Labute approximate surface area is 182 Å². The SMILES string of the molecule is C/C=C(\C1=C(O)CC(CCC)(CCc2ccccc2)OC1=O)c1cccc([N+](=O)[O-])c1. The van der Waals surface area contributed by atoms with E-state index in [4.69, 9.17) is 4.74 Å². The Morgan fingerprint density at radius 2 is 1.94 bits per heavy atom. The van der Waals surface area contributed by atoms with Crippen molar-refractivity contribution in [1.29, 1.82) is 0 Å². The van der Waals surface area contributed by atoms with E-state index < -0.39 is 16.5 Å². The molecule has 0 amide bonds. The van der Waals surface area contributed by atoms with Gasteiger partial charge in [0.15, 0.2) is 0 Å². The molecular formula is C25H27NO5. The number of aliphatic hydroxyl groups excluding tert-OH is 1. The first-order valence-electron chi connectivity index (χ1n) is 10.5. The first-order chi connectivity index (χ1) is 14.9. The van der Waals surface area contributed by atoms with Gasteiger partial charge >= 0.3 is 5.97 Å². The Balaban J connectivity index is 1.92. The number of carbonyl (C=O) groups is 1. The third-order valence-electron chi connectivity index (χ3n) is 5.64. The van der Waals surface area contributed by atoms with Crippen molar-refractivity contribution in [2.75, 3.05) is 0 Å². The van der Waals surface area contributed by atoms with Crippen molar-refractivity contribution in [2.45, 2.75) is 51.6 Å². The molecule has 1 heterocycles. The van der Waals surface area contributed by atoms with Crippen LogP contribution in [0.5, 0.6) is 0 Å². The number of nitrogens with zero attached hydrogens (tertiary/aromatic N) is 1. The van der Waals surface area contributed by atoms with Crippen LogP contribution in [0, 0.1) is 10.1 Å². The number of hydrogen-bond acceptors (Lipinski definition) is 5. The molecule has 0 fully saturated rings. The van der Waals surface area contributed by atoms with Crippen LogP contribution in [0.1, 0.15) is 50.7 Å². The van der Waals surface area contributed by atoms with Crippen molar-refractivity contribution in [3.05, 3.63) is 93.2 Å². The summed E-state index contributed by atoms with van der Waals surface area (Å²) in [4.78, 5) is 23.7. The predicted octanol–water partition coefficient (Wildman–Crippen LogP) is 5.93. The minimum absolute atomic E-state index is 0.0302. The van der Waals surface area contributed by atoms with Crippen LogP contribution < -0.4 is 0 Å². The largest absolute Gasteiger partial charge is 0.511 e. The summed E-state index contributed by atoms with van der Waals surface area (Å²) in [6.45, 7) is 3.75. The molecule has 2 aromatic rings. The maximum absolute atomic E-state index is 13.1. The Hall–Kier alpha value is -3.41. The first kappa shape index (κ1) is 22.3. The second-order valence-corrected chi connectivity index (χ2v) is 7.82. The number of allylic oxidation sites excluding steroid dienone is 1. The number of nitro benzene ring substituents is 1. The Morgan fingerprint density at radius 1 is 1.19 bits per heavy atom. The summed E-state index contributed by atoms with van der Waals surface area (Å²) in [5.41, 5.74) is 1.30. The first-order valence-corrected chi connectivity index (χ1v) is 10.5. The molecule has 1 aliphatic heterocycles. The van der Waals surface area contributed by atoms with Gasteiger partial charge in [-0.2, -0.15) is 0 Å². The Bertz CT molecular complexity index is 1030. The lowest BCUT2D eigenvalue weighted by Crippen LogP contribution is -2.41.